The minimum absolute atomic E-state index is 0.0396. The summed E-state index contributed by atoms with van der Waals surface area (Å²) in [4.78, 5) is 27.8. The average molecular weight is 278 g/mol. The maximum absolute atomic E-state index is 12.2. The molecule has 0 bridgehead atoms. The number of nitrogens with one attached hydrogen (secondary N) is 1. The molecule has 2 N–H and O–H groups in total. The van der Waals surface area contributed by atoms with E-state index in [9.17, 15) is 14.7 Å². The van der Waals surface area contributed by atoms with E-state index in [1.54, 1.807) is 18.3 Å². The Bertz CT molecular complexity index is 528. The maximum Gasteiger partial charge on any atom is 0.319 e. The first-order valence-corrected chi connectivity index (χ1v) is 6.49. The molecule has 1 heterocycles. The fourth-order valence-electron chi connectivity index (χ4n) is 1.95. The van der Waals surface area contributed by atoms with Crippen molar-refractivity contribution in [1.29, 1.82) is 0 Å². The smallest absolute Gasteiger partial charge is 0.319 e. The number of aliphatic carboxylic acids is 1. The first kappa shape index (κ1) is 14.3. The highest BCUT2D eigenvalue weighted by atomic mass is 16.5. The van der Waals surface area contributed by atoms with Crippen LogP contribution in [0.15, 0.2) is 18.3 Å². The molecule has 1 unspecified atom stereocenters. The lowest BCUT2D eigenvalue weighted by molar-refractivity contribution is -0.154. The second-order valence-corrected chi connectivity index (χ2v) is 5.23. The molecule has 108 valence electrons. The Balaban J connectivity index is 2.23. The summed E-state index contributed by atoms with van der Waals surface area (Å²) in [5.74, 6) is -1.26. The molecule has 1 aromatic heterocycles. The van der Waals surface area contributed by atoms with Crippen LogP contribution < -0.4 is 10.1 Å². The van der Waals surface area contributed by atoms with Gasteiger partial charge in [0.25, 0.3) is 0 Å². The summed E-state index contributed by atoms with van der Waals surface area (Å²) in [5.41, 5.74) is -0.926. The fraction of sp³-hybridized carbons (Fsp3) is 0.500. The highest BCUT2D eigenvalue weighted by molar-refractivity contribution is 6.02. The van der Waals surface area contributed by atoms with Gasteiger partial charge in [-0.25, -0.2) is 4.98 Å². The summed E-state index contributed by atoms with van der Waals surface area (Å²) >= 11 is 0. The number of rotatable bonds is 6. The minimum atomic E-state index is -1.53. The topological polar surface area (TPSA) is 88.5 Å². The molecule has 20 heavy (non-hydrogen) atoms. The molecule has 0 saturated heterocycles. The third-order valence-electron chi connectivity index (χ3n) is 3.47. The quantitative estimate of drug-likeness (QED) is 0.758. The second kappa shape index (κ2) is 5.48. The first-order chi connectivity index (χ1) is 9.47. The minimum Gasteiger partial charge on any atom is -0.481 e. The number of hydrogen-bond acceptors (Lipinski definition) is 4. The molecule has 1 aliphatic rings. The van der Waals surface area contributed by atoms with Crippen molar-refractivity contribution in [3.63, 3.8) is 0 Å². The summed E-state index contributed by atoms with van der Waals surface area (Å²) < 4.78 is 5.11. The zero-order valence-corrected chi connectivity index (χ0v) is 11.5. The van der Waals surface area contributed by atoms with E-state index < -0.39 is 17.3 Å². The molecule has 0 radical (unpaired) electrons. The zero-order valence-electron chi connectivity index (χ0n) is 11.5. The van der Waals surface area contributed by atoms with Gasteiger partial charge in [0.15, 0.2) is 0 Å². The monoisotopic (exact) mass is 278 g/mol. The van der Waals surface area contributed by atoms with E-state index in [4.69, 9.17) is 4.74 Å². The van der Waals surface area contributed by atoms with Crippen LogP contribution in [0.25, 0.3) is 0 Å². The van der Waals surface area contributed by atoms with Gasteiger partial charge in [0, 0.05) is 24.2 Å². The average Bonchev–Trinajstić information content (AvgIpc) is 3.22. The molecule has 0 spiro atoms. The number of amides is 1. The fourth-order valence-corrected chi connectivity index (χ4v) is 1.95. The second-order valence-electron chi connectivity index (χ2n) is 5.23. The SMILES string of the molecule is COc1ncccc1CC(C)(C(=O)O)C(=O)NC1CC1. The van der Waals surface area contributed by atoms with Crippen LogP contribution in [0.3, 0.4) is 0 Å². The number of pyridine rings is 1. The molecule has 0 aromatic carbocycles. The van der Waals surface area contributed by atoms with Crippen molar-refractivity contribution in [2.75, 3.05) is 7.11 Å². The molecule has 6 nitrogen and oxygen atoms in total. The van der Waals surface area contributed by atoms with Crippen LogP contribution in [0.5, 0.6) is 5.88 Å². The van der Waals surface area contributed by atoms with Gasteiger partial charge in [0.05, 0.1) is 7.11 Å². The van der Waals surface area contributed by atoms with E-state index in [-0.39, 0.29) is 12.5 Å². The Morgan fingerprint density at radius 1 is 1.55 bits per heavy atom. The summed E-state index contributed by atoms with van der Waals surface area (Å²) in [7, 11) is 1.47. The van der Waals surface area contributed by atoms with E-state index in [0.717, 1.165) is 12.8 Å². The first-order valence-electron chi connectivity index (χ1n) is 6.49. The zero-order chi connectivity index (χ0) is 14.8. The van der Waals surface area contributed by atoms with Crippen LogP contribution in [-0.2, 0) is 16.0 Å². The molecule has 0 aliphatic heterocycles. The van der Waals surface area contributed by atoms with Gasteiger partial charge in [-0.1, -0.05) is 6.07 Å². The predicted molar refractivity (Wildman–Crippen MR) is 71.4 cm³/mol. The lowest BCUT2D eigenvalue weighted by Gasteiger charge is -2.24. The Labute approximate surface area is 117 Å². The van der Waals surface area contributed by atoms with E-state index in [0.29, 0.717) is 11.4 Å². The normalized spacial score (nSPS) is 17.1. The molecule has 2 rings (SSSR count). The van der Waals surface area contributed by atoms with Crippen molar-refractivity contribution < 1.29 is 19.4 Å². The van der Waals surface area contributed by atoms with Crippen molar-refractivity contribution in [3.05, 3.63) is 23.9 Å². The highest BCUT2D eigenvalue weighted by Crippen LogP contribution is 2.29. The van der Waals surface area contributed by atoms with Crippen molar-refractivity contribution >= 4 is 11.9 Å². The number of nitrogens with zero attached hydrogens (tertiary/aromatic N) is 1. The lowest BCUT2D eigenvalue weighted by atomic mass is 9.83. The number of carbonyl (C=O) groups is 2. The molecule has 1 aromatic rings. The van der Waals surface area contributed by atoms with Crippen molar-refractivity contribution in [1.82, 2.24) is 10.3 Å². The molecule has 1 atom stereocenters. The maximum atomic E-state index is 12.2. The third kappa shape index (κ3) is 2.89. The Morgan fingerprint density at radius 2 is 2.25 bits per heavy atom. The van der Waals surface area contributed by atoms with Crippen molar-refractivity contribution in [3.8, 4) is 5.88 Å². The van der Waals surface area contributed by atoms with Gasteiger partial charge in [-0.15, -0.1) is 0 Å². The molecule has 1 saturated carbocycles. The van der Waals surface area contributed by atoms with Crippen LogP contribution in [0.2, 0.25) is 0 Å². The van der Waals surface area contributed by atoms with E-state index in [2.05, 4.69) is 10.3 Å². The molecular formula is C14H18N2O4. The van der Waals surface area contributed by atoms with E-state index in [1.807, 2.05) is 0 Å². The number of carboxylic acid groups (broad SMARTS) is 1. The van der Waals surface area contributed by atoms with Gasteiger partial charge in [-0.3, -0.25) is 9.59 Å². The van der Waals surface area contributed by atoms with E-state index in [1.165, 1.54) is 14.0 Å². The molecule has 1 aliphatic carbocycles. The number of carbonyl (C=O) groups excluding carboxylic acids is 1. The number of aromatic nitrogens is 1. The molecule has 1 fully saturated rings. The van der Waals surface area contributed by atoms with Gasteiger partial charge in [-0.2, -0.15) is 0 Å². The summed E-state index contributed by atoms with van der Waals surface area (Å²) in [6.45, 7) is 1.43. The molecule has 6 heteroatoms. The largest absolute Gasteiger partial charge is 0.481 e. The summed E-state index contributed by atoms with van der Waals surface area (Å²) in [5, 5.41) is 12.2. The predicted octanol–water partition coefficient (Wildman–Crippen LogP) is 1.00. The Hall–Kier alpha value is -2.11. The molecular weight excluding hydrogens is 260 g/mol. The Morgan fingerprint density at radius 3 is 2.80 bits per heavy atom. The summed E-state index contributed by atoms with van der Waals surface area (Å²) in [6, 6.07) is 3.54. The van der Waals surface area contributed by atoms with Gasteiger partial charge >= 0.3 is 5.97 Å². The van der Waals surface area contributed by atoms with Gasteiger partial charge in [-0.05, 0) is 25.8 Å². The Kier molecular flexibility index (Phi) is 3.92. The van der Waals surface area contributed by atoms with Crippen LogP contribution in [-0.4, -0.2) is 35.1 Å². The number of carboxylic acids is 1. The lowest BCUT2D eigenvalue weighted by Crippen LogP contribution is -2.46. The number of methoxy groups -OCH3 is 1. The standard InChI is InChI=1S/C14H18N2O4/c1-14(13(18)19,12(17)16-10-5-6-10)8-9-4-3-7-15-11(9)20-2/h3-4,7,10H,5-6,8H2,1-2H3,(H,16,17)(H,18,19). The van der Waals surface area contributed by atoms with Gasteiger partial charge < -0.3 is 15.2 Å². The van der Waals surface area contributed by atoms with Gasteiger partial charge in [0.1, 0.15) is 5.41 Å². The third-order valence-corrected chi connectivity index (χ3v) is 3.47. The number of ether oxygens (including phenoxy) is 1. The van der Waals surface area contributed by atoms with Crippen LogP contribution in [0, 0.1) is 5.41 Å². The van der Waals surface area contributed by atoms with Gasteiger partial charge in [0.2, 0.25) is 11.8 Å². The highest BCUT2D eigenvalue weighted by Gasteiger charge is 2.44. The van der Waals surface area contributed by atoms with Crippen molar-refractivity contribution in [2.24, 2.45) is 5.41 Å². The van der Waals surface area contributed by atoms with E-state index >= 15 is 0 Å². The summed E-state index contributed by atoms with van der Waals surface area (Å²) in [6.07, 6.45) is 3.43. The van der Waals surface area contributed by atoms with Crippen LogP contribution >= 0.6 is 0 Å². The van der Waals surface area contributed by atoms with Crippen molar-refractivity contribution in [2.45, 2.75) is 32.2 Å². The van der Waals surface area contributed by atoms with Crippen LogP contribution in [0.4, 0.5) is 0 Å². The number of hydrogen-bond donors (Lipinski definition) is 2. The van der Waals surface area contributed by atoms with Crippen LogP contribution in [0.1, 0.15) is 25.3 Å². The molecule has 1 amide bonds.